The molecule has 0 aliphatic rings. The van der Waals surface area contributed by atoms with Crippen LogP contribution in [0.3, 0.4) is 0 Å². The maximum Gasteiger partial charge on any atom is 0.221 e. The van der Waals surface area contributed by atoms with Crippen LogP contribution in [0.2, 0.25) is 5.02 Å². The van der Waals surface area contributed by atoms with Crippen molar-refractivity contribution in [3.63, 3.8) is 0 Å². The Labute approximate surface area is 136 Å². The van der Waals surface area contributed by atoms with E-state index in [4.69, 9.17) is 11.6 Å². The number of carbonyl (C=O) groups excluding carboxylic acids is 1. The van der Waals surface area contributed by atoms with Crippen LogP contribution < -0.4 is 10.6 Å². The molecule has 0 saturated heterocycles. The lowest BCUT2D eigenvalue weighted by atomic mass is 10.1. The first kappa shape index (κ1) is 16.5. The van der Waals surface area contributed by atoms with Gasteiger partial charge in [0.1, 0.15) is 0 Å². The van der Waals surface area contributed by atoms with Crippen LogP contribution in [0.4, 0.5) is 0 Å². The molecule has 1 atom stereocenters. The second-order valence-corrected chi connectivity index (χ2v) is 5.69. The van der Waals surface area contributed by atoms with Crippen LogP contribution >= 0.6 is 11.6 Å². The average molecular weight is 317 g/mol. The number of hydrogen-bond donors (Lipinski definition) is 2. The number of hydrogen-bond acceptors (Lipinski definition) is 2. The summed E-state index contributed by atoms with van der Waals surface area (Å²) in [6.45, 7) is 3.38. The molecule has 0 spiro atoms. The van der Waals surface area contributed by atoms with E-state index in [1.807, 2.05) is 61.5 Å². The second kappa shape index (κ2) is 8.57. The molecule has 2 aromatic rings. The van der Waals surface area contributed by atoms with Gasteiger partial charge in [-0.05, 0) is 30.2 Å². The number of rotatable bonds is 7. The van der Waals surface area contributed by atoms with Crippen molar-refractivity contribution in [1.82, 2.24) is 10.6 Å². The van der Waals surface area contributed by atoms with Gasteiger partial charge in [0, 0.05) is 24.5 Å². The highest BCUT2D eigenvalue weighted by molar-refractivity contribution is 6.30. The third-order valence-electron chi connectivity index (χ3n) is 3.45. The van der Waals surface area contributed by atoms with Gasteiger partial charge in [-0.15, -0.1) is 0 Å². The Hall–Kier alpha value is -1.84. The molecule has 0 aliphatic heterocycles. The van der Waals surface area contributed by atoms with E-state index in [2.05, 4.69) is 10.6 Å². The first-order chi connectivity index (χ1) is 10.6. The molecule has 2 rings (SSSR count). The van der Waals surface area contributed by atoms with Crippen molar-refractivity contribution >= 4 is 17.5 Å². The monoisotopic (exact) mass is 316 g/mol. The standard InChI is InChI=1S/C18H21ClN2O/c1-14(16-5-3-2-4-6-16)21-18(22)11-12-20-13-15-7-9-17(19)10-8-15/h2-10,14,20H,11-13H2,1H3,(H,21,22). The van der Waals surface area contributed by atoms with Crippen molar-refractivity contribution in [1.29, 1.82) is 0 Å². The summed E-state index contributed by atoms with van der Waals surface area (Å²) in [4.78, 5) is 11.9. The highest BCUT2D eigenvalue weighted by Crippen LogP contribution is 2.11. The van der Waals surface area contributed by atoms with Crippen LogP contribution in [0, 0.1) is 0 Å². The summed E-state index contributed by atoms with van der Waals surface area (Å²) >= 11 is 5.84. The molecule has 116 valence electrons. The van der Waals surface area contributed by atoms with Crippen LogP contribution in [0.25, 0.3) is 0 Å². The fraction of sp³-hybridized carbons (Fsp3) is 0.278. The summed E-state index contributed by atoms with van der Waals surface area (Å²) < 4.78 is 0. The molecule has 0 fully saturated rings. The van der Waals surface area contributed by atoms with Gasteiger partial charge in [0.2, 0.25) is 5.91 Å². The Bertz CT molecular complexity index is 584. The van der Waals surface area contributed by atoms with E-state index in [0.717, 1.165) is 22.7 Å². The molecule has 0 aliphatic carbocycles. The maximum atomic E-state index is 11.9. The fourth-order valence-corrected chi connectivity index (χ4v) is 2.30. The summed E-state index contributed by atoms with van der Waals surface area (Å²) in [6, 6.07) is 17.7. The van der Waals surface area contributed by atoms with Gasteiger partial charge < -0.3 is 10.6 Å². The Morgan fingerprint density at radius 2 is 1.77 bits per heavy atom. The van der Waals surface area contributed by atoms with Gasteiger partial charge in [0.25, 0.3) is 0 Å². The number of nitrogens with one attached hydrogen (secondary N) is 2. The van der Waals surface area contributed by atoms with Crippen LogP contribution in [0.1, 0.15) is 30.5 Å². The van der Waals surface area contributed by atoms with Crippen molar-refractivity contribution in [3.8, 4) is 0 Å². The molecule has 0 saturated carbocycles. The summed E-state index contributed by atoms with van der Waals surface area (Å²) in [5.74, 6) is 0.0555. The smallest absolute Gasteiger partial charge is 0.221 e. The number of amides is 1. The topological polar surface area (TPSA) is 41.1 Å². The van der Waals surface area contributed by atoms with Gasteiger partial charge in [-0.3, -0.25) is 4.79 Å². The number of benzene rings is 2. The van der Waals surface area contributed by atoms with E-state index in [-0.39, 0.29) is 11.9 Å². The van der Waals surface area contributed by atoms with Crippen LogP contribution in [-0.4, -0.2) is 12.5 Å². The predicted molar refractivity (Wildman–Crippen MR) is 90.8 cm³/mol. The van der Waals surface area contributed by atoms with Crippen molar-refractivity contribution in [2.75, 3.05) is 6.54 Å². The summed E-state index contributed by atoms with van der Waals surface area (Å²) in [5.41, 5.74) is 2.27. The van der Waals surface area contributed by atoms with Gasteiger partial charge in [0.05, 0.1) is 6.04 Å². The minimum atomic E-state index is 0.0324. The zero-order valence-corrected chi connectivity index (χ0v) is 13.4. The zero-order chi connectivity index (χ0) is 15.8. The lowest BCUT2D eigenvalue weighted by molar-refractivity contribution is -0.121. The van der Waals surface area contributed by atoms with E-state index < -0.39 is 0 Å². The molecule has 1 unspecified atom stereocenters. The van der Waals surface area contributed by atoms with E-state index in [1.54, 1.807) is 0 Å². The van der Waals surface area contributed by atoms with E-state index in [9.17, 15) is 4.79 Å². The molecule has 3 nitrogen and oxygen atoms in total. The van der Waals surface area contributed by atoms with E-state index in [1.165, 1.54) is 0 Å². The van der Waals surface area contributed by atoms with Gasteiger partial charge in [-0.2, -0.15) is 0 Å². The van der Waals surface area contributed by atoms with Crippen LogP contribution in [0.15, 0.2) is 54.6 Å². The Kier molecular flexibility index (Phi) is 6.44. The lowest BCUT2D eigenvalue weighted by Crippen LogP contribution is -2.29. The van der Waals surface area contributed by atoms with Crippen LogP contribution in [0.5, 0.6) is 0 Å². The Balaban J connectivity index is 1.66. The van der Waals surface area contributed by atoms with Gasteiger partial charge in [-0.25, -0.2) is 0 Å². The quantitative estimate of drug-likeness (QED) is 0.765. The number of carbonyl (C=O) groups is 1. The third-order valence-corrected chi connectivity index (χ3v) is 3.70. The molecule has 0 bridgehead atoms. The lowest BCUT2D eigenvalue weighted by Gasteiger charge is -2.14. The van der Waals surface area contributed by atoms with Crippen LogP contribution in [-0.2, 0) is 11.3 Å². The molecule has 2 N–H and O–H groups in total. The molecule has 2 aromatic carbocycles. The Morgan fingerprint density at radius 3 is 2.45 bits per heavy atom. The normalized spacial score (nSPS) is 11.9. The van der Waals surface area contributed by atoms with Crippen molar-refractivity contribution in [3.05, 3.63) is 70.7 Å². The molecule has 1 amide bonds. The molecule has 22 heavy (non-hydrogen) atoms. The highest BCUT2D eigenvalue weighted by Gasteiger charge is 2.08. The molecular formula is C18H21ClN2O. The highest BCUT2D eigenvalue weighted by atomic mass is 35.5. The van der Waals surface area contributed by atoms with Gasteiger partial charge in [0.15, 0.2) is 0 Å². The summed E-state index contributed by atoms with van der Waals surface area (Å²) in [6.07, 6.45) is 0.463. The predicted octanol–water partition coefficient (Wildman–Crippen LogP) is 3.70. The van der Waals surface area contributed by atoms with Gasteiger partial charge in [-0.1, -0.05) is 54.1 Å². The largest absolute Gasteiger partial charge is 0.350 e. The van der Waals surface area contributed by atoms with Gasteiger partial charge >= 0.3 is 0 Å². The molecule has 0 radical (unpaired) electrons. The third kappa shape index (κ3) is 5.51. The first-order valence-electron chi connectivity index (χ1n) is 7.44. The van der Waals surface area contributed by atoms with Crippen molar-refractivity contribution in [2.24, 2.45) is 0 Å². The Morgan fingerprint density at radius 1 is 1.09 bits per heavy atom. The maximum absolute atomic E-state index is 11.9. The van der Waals surface area contributed by atoms with E-state index in [0.29, 0.717) is 13.0 Å². The molecule has 0 heterocycles. The summed E-state index contributed by atoms with van der Waals surface area (Å²) in [5, 5.41) is 7.00. The minimum absolute atomic E-state index is 0.0324. The first-order valence-corrected chi connectivity index (χ1v) is 7.82. The SMILES string of the molecule is CC(NC(=O)CCNCc1ccc(Cl)cc1)c1ccccc1. The minimum Gasteiger partial charge on any atom is -0.350 e. The molecule has 0 aromatic heterocycles. The second-order valence-electron chi connectivity index (χ2n) is 5.25. The number of halogens is 1. The summed E-state index contributed by atoms with van der Waals surface area (Å²) in [7, 11) is 0. The zero-order valence-electron chi connectivity index (χ0n) is 12.7. The molecule has 4 heteroatoms. The fourth-order valence-electron chi connectivity index (χ4n) is 2.18. The van der Waals surface area contributed by atoms with Crippen molar-refractivity contribution in [2.45, 2.75) is 25.9 Å². The van der Waals surface area contributed by atoms with E-state index >= 15 is 0 Å². The average Bonchev–Trinajstić information content (AvgIpc) is 2.54. The van der Waals surface area contributed by atoms with Crippen molar-refractivity contribution < 1.29 is 4.79 Å². The molecular weight excluding hydrogens is 296 g/mol.